The standard InChI is InChI=1S/C20H23N3O6S/c24-20(22-12-13-29-19(15-22)16-6-2-1-3-7-16)10-5-11-21-30(27,28)18-9-4-8-17(14-18)23(25)26/h1-4,6-9,14,19,21H,5,10-13,15H2. The van der Waals surface area contributed by atoms with E-state index in [4.69, 9.17) is 4.74 Å². The number of sulfonamides is 1. The SMILES string of the molecule is O=C(CCCNS(=O)(=O)c1cccc([N+](=O)[O-])c1)N1CCOC(c2ccccc2)C1. The average Bonchev–Trinajstić information content (AvgIpc) is 2.77. The number of non-ortho nitro benzene ring substituents is 1. The summed E-state index contributed by atoms with van der Waals surface area (Å²) >= 11 is 0. The summed E-state index contributed by atoms with van der Waals surface area (Å²) in [5.41, 5.74) is 0.716. The number of morpholine rings is 1. The average molecular weight is 433 g/mol. The summed E-state index contributed by atoms with van der Waals surface area (Å²) in [5, 5.41) is 10.8. The smallest absolute Gasteiger partial charge is 0.270 e. The molecule has 1 N–H and O–H groups in total. The second-order valence-electron chi connectivity index (χ2n) is 6.87. The highest BCUT2D eigenvalue weighted by Crippen LogP contribution is 2.22. The molecular formula is C20H23N3O6S. The van der Waals surface area contributed by atoms with Crippen LogP contribution in [0.25, 0.3) is 0 Å². The van der Waals surface area contributed by atoms with Crippen molar-refractivity contribution in [2.75, 3.05) is 26.2 Å². The molecule has 1 amide bonds. The lowest BCUT2D eigenvalue weighted by molar-refractivity contribution is -0.385. The lowest BCUT2D eigenvalue weighted by Crippen LogP contribution is -2.42. The molecule has 0 aliphatic carbocycles. The van der Waals surface area contributed by atoms with Crippen LogP contribution >= 0.6 is 0 Å². The van der Waals surface area contributed by atoms with Crippen LogP contribution in [0.5, 0.6) is 0 Å². The number of rotatable bonds is 8. The molecule has 0 saturated carbocycles. The van der Waals surface area contributed by atoms with Crippen molar-refractivity contribution in [3.8, 4) is 0 Å². The van der Waals surface area contributed by atoms with Crippen molar-refractivity contribution in [3.05, 3.63) is 70.3 Å². The van der Waals surface area contributed by atoms with Crippen LogP contribution in [0.15, 0.2) is 59.5 Å². The summed E-state index contributed by atoms with van der Waals surface area (Å²) < 4.78 is 32.8. The fraction of sp³-hybridized carbons (Fsp3) is 0.350. The van der Waals surface area contributed by atoms with Gasteiger partial charge in [-0.15, -0.1) is 0 Å². The lowest BCUT2D eigenvalue weighted by atomic mass is 10.1. The lowest BCUT2D eigenvalue weighted by Gasteiger charge is -2.33. The molecule has 2 aromatic carbocycles. The summed E-state index contributed by atoms with van der Waals surface area (Å²) in [6, 6.07) is 14.5. The number of nitrogens with zero attached hydrogens (tertiary/aromatic N) is 2. The third-order valence-corrected chi connectivity index (χ3v) is 6.25. The van der Waals surface area contributed by atoms with Gasteiger partial charge in [-0.2, -0.15) is 0 Å². The molecule has 3 rings (SSSR count). The maximum absolute atomic E-state index is 12.5. The highest BCUT2D eigenvalue weighted by molar-refractivity contribution is 7.89. The van der Waals surface area contributed by atoms with Gasteiger partial charge in [0.2, 0.25) is 15.9 Å². The molecule has 1 heterocycles. The molecule has 160 valence electrons. The largest absolute Gasteiger partial charge is 0.370 e. The van der Waals surface area contributed by atoms with E-state index >= 15 is 0 Å². The first-order valence-electron chi connectivity index (χ1n) is 9.55. The molecule has 0 spiro atoms. The molecule has 1 aliphatic rings. The Morgan fingerprint density at radius 2 is 1.97 bits per heavy atom. The Balaban J connectivity index is 1.48. The number of carbonyl (C=O) groups is 1. The van der Waals surface area contributed by atoms with Gasteiger partial charge in [0, 0.05) is 31.6 Å². The van der Waals surface area contributed by atoms with Crippen molar-refractivity contribution in [2.45, 2.75) is 23.8 Å². The molecule has 1 fully saturated rings. The number of amides is 1. The van der Waals surface area contributed by atoms with Crippen molar-refractivity contribution in [2.24, 2.45) is 0 Å². The number of ether oxygens (including phenoxy) is 1. The fourth-order valence-electron chi connectivity index (χ4n) is 3.20. The third-order valence-electron chi connectivity index (χ3n) is 4.79. The van der Waals surface area contributed by atoms with Gasteiger partial charge in [0.05, 0.1) is 23.0 Å². The van der Waals surface area contributed by atoms with Crippen LogP contribution in [-0.4, -0.2) is 50.4 Å². The van der Waals surface area contributed by atoms with Gasteiger partial charge in [-0.05, 0) is 18.1 Å². The van der Waals surface area contributed by atoms with Gasteiger partial charge in [0.1, 0.15) is 6.10 Å². The van der Waals surface area contributed by atoms with Crippen molar-refractivity contribution >= 4 is 21.6 Å². The van der Waals surface area contributed by atoms with Crippen LogP contribution in [0, 0.1) is 10.1 Å². The van der Waals surface area contributed by atoms with Gasteiger partial charge >= 0.3 is 0 Å². The summed E-state index contributed by atoms with van der Waals surface area (Å²) in [5.74, 6) is -0.0613. The monoisotopic (exact) mass is 433 g/mol. The molecule has 9 nitrogen and oxygen atoms in total. The van der Waals surface area contributed by atoms with Crippen LogP contribution in [0.1, 0.15) is 24.5 Å². The van der Waals surface area contributed by atoms with Gasteiger partial charge in [-0.25, -0.2) is 13.1 Å². The molecule has 30 heavy (non-hydrogen) atoms. The predicted molar refractivity (Wildman–Crippen MR) is 109 cm³/mol. The Bertz CT molecular complexity index is 997. The van der Waals surface area contributed by atoms with Crippen LogP contribution < -0.4 is 4.72 Å². The molecule has 1 aliphatic heterocycles. The van der Waals surface area contributed by atoms with Crippen LogP contribution in [0.2, 0.25) is 0 Å². The molecule has 0 bridgehead atoms. The normalized spacial score (nSPS) is 16.9. The molecule has 0 aromatic heterocycles. The second kappa shape index (κ2) is 9.79. The zero-order valence-corrected chi connectivity index (χ0v) is 17.1. The minimum absolute atomic E-state index is 0.0587. The molecular weight excluding hydrogens is 410 g/mol. The van der Waals surface area contributed by atoms with E-state index in [2.05, 4.69) is 4.72 Å². The third kappa shape index (κ3) is 5.62. The maximum atomic E-state index is 12.5. The zero-order chi connectivity index (χ0) is 21.6. The summed E-state index contributed by atoms with van der Waals surface area (Å²) in [6.45, 7) is 1.47. The number of nitrogens with one attached hydrogen (secondary N) is 1. The molecule has 10 heteroatoms. The quantitative estimate of drug-likeness (QED) is 0.387. The summed E-state index contributed by atoms with van der Waals surface area (Å²) in [4.78, 5) is 24.2. The van der Waals surface area contributed by atoms with Crippen LogP contribution in [0.4, 0.5) is 5.69 Å². The van der Waals surface area contributed by atoms with Gasteiger partial charge in [0.25, 0.3) is 5.69 Å². The van der Waals surface area contributed by atoms with Crippen LogP contribution in [0.3, 0.4) is 0 Å². The number of nitro groups is 1. The van der Waals surface area contributed by atoms with Crippen LogP contribution in [-0.2, 0) is 19.6 Å². The second-order valence-corrected chi connectivity index (χ2v) is 8.63. The maximum Gasteiger partial charge on any atom is 0.270 e. The Hall–Kier alpha value is -2.82. The zero-order valence-electron chi connectivity index (χ0n) is 16.3. The Kier molecular flexibility index (Phi) is 7.14. The minimum atomic E-state index is -3.88. The minimum Gasteiger partial charge on any atom is -0.370 e. The van der Waals surface area contributed by atoms with E-state index in [0.29, 0.717) is 26.1 Å². The van der Waals surface area contributed by atoms with Crippen molar-refractivity contribution in [3.63, 3.8) is 0 Å². The number of benzene rings is 2. The summed E-state index contributed by atoms with van der Waals surface area (Å²) in [6.07, 6.45) is 0.343. The molecule has 1 unspecified atom stereocenters. The van der Waals surface area contributed by atoms with Crippen molar-refractivity contribution in [1.29, 1.82) is 0 Å². The van der Waals surface area contributed by atoms with Gasteiger partial charge in [0.15, 0.2) is 0 Å². The molecule has 2 aromatic rings. The van der Waals surface area contributed by atoms with E-state index in [9.17, 15) is 23.3 Å². The first-order valence-corrected chi connectivity index (χ1v) is 11.0. The number of hydrogen-bond donors (Lipinski definition) is 1. The van der Waals surface area contributed by atoms with Crippen molar-refractivity contribution < 1.29 is 22.9 Å². The Labute approximate surface area is 174 Å². The Morgan fingerprint density at radius 1 is 1.20 bits per heavy atom. The number of nitro benzene ring substituents is 1. The van der Waals surface area contributed by atoms with E-state index in [0.717, 1.165) is 11.6 Å². The highest BCUT2D eigenvalue weighted by Gasteiger charge is 2.25. The molecule has 1 atom stereocenters. The van der Waals surface area contributed by atoms with Gasteiger partial charge in [-0.1, -0.05) is 36.4 Å². The van der Waals surface area contributed by atoms with E-state index in [1.807, 2.05) is 30.3 Å². The van der Waals surface area contributed by atoms with Gasteiger partial charge < -0.3 is 9.64 Å². The topological polar surface area (TPSA) is 119 Å². The Morgan fingerprint density at radius 3 is 2.70 bits per heavy atom. The number of hydrogen-bond acceptors (Lipinski definition) is 6. The van der Waals surface area contributed by atoms with E-state index in [-0.39, 0.29) is 35.6 Å². The summed E-state index contributed by atoms with van der Waals surface area (Å²) in [7, 11) is -3.88. The predicted octanol–water partition coefficient (Wildman–Crippen LogP) is 2.25. The first kappa shape index (κ1) is 21.9. The van der Waals surface area contributed by atoms with Gasteiger partial charge in [-0.3, -0.25) is 14.9 Å². The highest BCUT2D eigenvalue weighted by atomic mass is 32.2. The molecule has 1 saturated heterocycles. The fourth-order valence-corrected chi connectivity index (χ4v) is 4.31. The molecule has 0 radical (unpaired) electrons. The van der Waals surface area contributed by atoms with E-state index < -0.39 is 14.9 Å². The first-order chi connectivity index (χ1) is 14.4. The number of carbonyl (C=O) groups excluding carboxylic acids is 1. The van der Waals surface area contributed by atoms with Crippen molar-refractivity contribution in [1.82, 2.24) is 9.62 Å². The van der Waals surface area contributed by atoms with E-state index in [1.165, 1.54) is 18.2 Å². The van der Waals surface area contributed by atoms with E-state index in [1.54, 1.807) is 4.90 Å².